The van der Waals surface area contributed by atoms with Crippen LogP contribution < -0.4 is 5.32 Å². The number of thiophene rings is 1. The number of hydrogen-bond donors (Lipinski definition) is 1. The van der Waals surface area contributed by atoms with Crippen LogP contribution in [0.1, 0.15) is 15.7 Å². The van der Waals surface area contributed by atoms with E-state index in [4.69, 9.17) is 4.74 Å². The van der Waals surface area contributed by atoms with Crippen molar-refractivity contribution < 1.29 is 22.3 Å². The minimum Gasteiger partial charge on any atom is -0.445 e. The van der Waals surface area contributed by atoms with Crippen LogP contribution in [0.2, 0.25) is 0 Å². The number of ether oxygens (including phenoxy) is 1. The Balaban J connectivity index is 1.71. The van der Waals surface area contributed by atoms with Crippen molar-refractivity contribution in [2.24, 2.45) is 0 Å². The molecule has 5 nitrogen and oxygen atoms in total. The molecule has 28 heavy (non-hydrogen) atoms. The average Bonchev–Trinajstić information content (AvgIpc) is 3.22. The van der Waals surface area contributed by atoms with E-state index in [1.54, 1.807) is 17.5 Å². The fourth-order valence-corrected chi connectivity index (χ4v) is 5.36. The second-order valence-electron chi connectivity index (χ2n) is 5.95. The number of sulfone groups is 1. The molecule has 2 aromatic carbocycles. The highest BCUT2D eigenvalue weighted by molar-refractivity contribution is 7.91. The number of alkyl carbamates (subject to hydrolysis) is 1. The highest BCUT2D eigenvalue weighted by Gasteiger charge is 2.30. The Morgan fingerprint density at radius 2 is 1.75 bits per heavy atom. The number of carbonyl (C=O) groups is 1. The number of carbonyl (C=O) groups excluding carboxylic acids is 1. The second-order valence-corrected chi connectivity index (χ2v) is 9.06. The molecule has 1 heterocycles. The molecule has 3 aromatic rings. The van der Waals surface area contributed by atoms with Crippen LogP contribution in [0.4, 0.5) is 9.18 Å². The number of halogens is 1. The molecule has 0 aliphatic heterocycles. The SMILES string of the molecule is O=C(NC[C@H](c1cccs1)S(=O)(=O)c1ccc(F)cc1)OCc1ccccc1. The van der Waals surface area contributed by atoms with Crippen molar-refractivity contribution in [3.63, 3.8) is 0 Å². The molecule has 0 spiro atoms. The third-order valence-electron chi connectivity index (χ3n) is 4.02. The second kappa shape index (κ2) is 8.99. The van der Waals surface area contributed by atoms with Crippen LogP contribution in [-0.4, -0.2) is 21.1 Å². The zero-order chi connectivity index (χ0) is 20.0. The van der Waals surface area contributed by atoms with Gasteiger partial charge in [-0.15, -0.1) is 11.3 Å². The van der Waals surface area contributed by atoms with Gasteiger partial charge in [-0.1, -0.05) is 36.4 Å². The van der Waals surface area contributed by atoms with E-state index < -0.39 is 27.0 Å². The summed E-state index contributed by atoms with van der Waals surface area (Å²) < 4.78 is 44.4. The third kappa shape index (κ3) is 4.96. The number of amides is 1. The Kier molecular flexibility index (Phi) is 6.43. The predicted molar refractivity (Wildman–Crippen MR) is 105 cm³/mol. The van der Waals surface area contributed by atoms with Gasteiger partial charge in [-0.2, -0.15) is 0 Å². The van der Waals surface area contributed by atoms with Crippen molar-refractivity contribution in [1.82, 2.24) is 5.32 Å². The monoisotopic (exact) mass is 419 g/mol. The van der Waals surface area contributed by atoms with Crippen molar-refractivity contribution in [2.45, 2.75) is 16.8 Å². The summed E-state index contributed by atoms with van der Waals surface area (Å²) in [7, 11) is -3.83. The van der Waals surface area contributed by atoms with Gasteiger partial charge in [0.1, 0.15) is 17.7 Å². The molecule has 0 saturated carbocycles. The van der Waals surface area contributed by atoms with E-state index in [0.29, 0.717) is 4.88 Å². The minimum atomic E-state index is -3.83. The van der Waals surface area contributed by atoms with Crippen LogP contribution in [0.5, 0.6) is 0 Å². The Morgan fingerprint density at radius 1 is 1.04 bits per heavy atom. The normalized spacial score (nSPS) is 12.3. The van der Waals surface area contributed by atoms with Gasteiger partial charge in [-0.3, -0.25) is 0 Å². The van der Waals surface area contributed by atoms with Crippen LogP contribution in [0.15, 0.2) is 77.0 Å². The summed E-state index contributed by atoms with van der Waals surface area (Å²) in [5.41, 5.74) is 0.825. The first kappa shape index (κ1) is 20.0. The number of rotatable bonds is 7. The van der Waals surface area contributed by atoms with Crippen molar-refractivity contribution in [3.8, 4) is 0 Å². The highest BCUT2D eigenvalue weighted by atomic mass is 32.2. The molecule has 0 aliphatic rings. The quantitative estimate of drug-likeness (QED) is 0.579. The molecule has 1 aromatic heterocycles. The Morgan fingerprint density at radius 3 is 2.39 bits per heavy atom. The van der Waals surface area contributed by atoms with Gasteiger partial charge in [0.05, 0.1) is 4.90 Å². The zero-order valence-corrected chi connectivity index (χ0v) is 16.4. The highest BCUT2D eigenvalue weighted by Crippen LogP contribution is 2.31. The summed E-state index contributed by atoms with van der Waals surface area (Å²) in [6, 6.07) is 17.2. The zero-order valence-electron chi connectivity index (χ0n) is 14.7. The number of hydrogen-bond acceptors (Lipinski definition) is 5. The molecule has 0 aliphatic carbocycles. The smallest absolute Gasteiger partial charge is 0.407 e. The fourth-order valence-electron chi connectivity index (χ4n) is 2.58. The van der Waals surface area contributed by atoms with Crippen LogP contribution >= 0.6 is 11.3 Å². The first-order valence-electron chi connectivity index (χ1n) is 8.44. The van der Waals surface area contributed by atoms with Gasteiger partial charge in [0.25, 0.3) is 0 Å². The Hall–Kier alpha value is -2.71. The number of nitrogens with one attached hydrogen (secondary N) is 1. The molecule has 0 radical (unpaired) electrons. The molecular formula is C20H18FNO4S2. The Labute approximate surface area is 166 Å². The lowest BCUT2D eigenvalue weighted by atomic mass is 10.2. The summed E-state index contributed by atoms with van der Waals surface area (Å²) in [5.74, 6) is -0.519. The van der Waals surface area contributed by atoms with Crippen molar-refractivity contribution in [1.29, 1.82) is 0 Å². The summed E-state index contributed by atoms with van der Waals surface area (Å²) >= 11 is 1.27. The maximum atomic E-state index is 13.2. The van der Waals surface area contributed by atoms with Crippen molar-refractivity contribution in [2.75, 3.05) is 6.54 Å². The van der Waals surface area contributed by atoms with E-state index in [9.17, 15) is 17.6 Å². The van der Waals surface area contributed by atoms with Crippen molar-refractivity contribution >= 4 is 27.3 Å². The minimum absolute atomic E-state index is 0.00764. The fraction of sp³-hybridized carbons (Fsp3) is 0.150. The lowest BCUT2D eigenvalue weighted by molar-refractivity contribution is 0.139. The molecule has 1 atom stereocenters. The summed E-state index contributed by atoms with van der Waals surface area (Å²) in [4.78, 5) is 12.6. The lowest BCUT2D eigenvalue weighted by Gasteiger charge is -2.17. The van der Waals surface area contributed by atoms with Gasteiger partial charge >= 0.3 is 6.09 Å². The van der Waals surface area contributed by atoms with Gasteiger partial charge in [0.2, 0.25) is 0 Å². The van der Waals surface area contributed by atoms with Gasteiger partial charge in [-0.25, -0.2) is 17.6 Å². The van der Waals surface area contributed by atoms with Gasteiger partial charge in [0.15, 0.2) is 9.84 Å². The summed E-state index contributed by atoms with van der Waals surface area (Å²) in [6.07, 6.45) is -0.709. The van der Waals surface area contributed by atoms with Crippen molar-refractivity contribution in [3.05, 3.63) is 88.4 Å². The molecule has 1 amide bonds. The largest absolute Gasteiger partial charge is 0.445 e. The molecule has 0 fully saturated rings. The van der Waals surface area contributed by atoms with E-state index in [0.717, 1.165) is 17.7 Å². The molecule has 1 N–H and O–H groups in total. The summed E-state index contributed by atoms with van der Waals surface area (Å²) in [6.45, 7) is -0.0745. The maximum Gasteiger partial charge on any atom is 0.407 e. The van der Waals surface area contributed by atoms with Crippen LogP contribution in [0.3, 0.4) is 0 Å². The molecule has 8 heteroatoms. The Bertz CT molecular complexity index is 1000. The molecule has 3 rings (SSSR count). The first-order valence-corrected chi connectivity index (χ1v) is 10.9. The topological polar surface area (TPSA) is 72.5 Å². The summed E-state index contributed by atoms with van der Waals surface area (Å²) in [5, 5.41) is 3.28. The van der Waals surface area contributed by atoms with E-state index >= 15 is 0 Å². The standard InChI is InChI=1S/C20H18FNO4S2/c21-16-8-10-17(11-9-16)28(24,25)19(18-7-4-12-27-18)13-22-20(23)26-14-15-5-2-1-3-6-15/h1-12,19H,13-14H2,(H,22,23)/t19-/m1/s1. The molecule has 146 valence electrons. The average molecular weight is 419 g/mol. The van der Waals surface area contributed by atoms with Gasteiger partial charge in [-0.05, 0) is 41.3 Å². The predicted octanol–water partition coefficient (Wildman–Crippen LogP) is 4.33. The lowest BCUT2D eigenvalue weighted by Crippen LogP contribution is -2.32. The maximum absolute atomic E-state index is 13.2. The van der Waals surface area contributed by atoms with Gasteiger partial charge in [0, 0.05) is 11.4 Å². The van der Waals surface area contributed by atoms with E-state index in [-0.39, 0.29) is 18.0 Å². The van der Waals surface area contributed by atoms with Crippen LogP contribution in [0, 0.1) is 5.82 Å². The molecular weight excluding hydrogens is 401 g/mol. The van der Waals surface area contributed by atoms with Gasteiger partial charge < -0.3 is 10.1 Å². The molecule has 0 bridgehead atoms. The first-order chi connectivity index (χ1) is 13.5. The van der Waals surface area contributed by atoms with E-state index in [1.807, 2.05) is 30.3 Å². The van der Waals surface area contributed by atoms with Crippen LogP contribution in [0.25, 0.3) is 0 Å². The van der Waals surface area contributed by atoms with E-state index in [2.05, 4.69) is 5.32 Å². The third-order valence-corrected chi connectivity index (χ3v) is 7.26. The molecule has 0 unspecified atom stereocenters. The van der Waals surface area contributed by atoms with Crippen LogP contribution in [-0.2, 0) is 21.2 Å². The van der Waals surface area contributed by atoms with E-state index in [1.165, 1.54) is 23.5 Å². The number of benzene rings is 2. The molecule has 0 saturated heterocycles.